The van der Waals surface area contributed by atoms with E-state index in [-0.39, 0.29) is 0 Å². The van der Waals surface area contributed by atoms with Crippen LogP contribution in [0.2, 0.25) is 0 Å². The van der Waals surface area contributed by atoms with Gasteiger partial charge in [-0.2, -0.15) is 0 Å². The van der Waals surface area contributed by atoms with Gasteiger partial charge in [0.2, 0.25) is 0 Å². The Kier molecular flexibility index (Phi) is 6.92. The first kappa shape index (κ1) is 20.8. The van der Waals surface area contributed by atoms with Gasteiger partial charge >= 0.3 is 0 Å². The third-order valence-electron chi connectivity index (χ3n) is 5.06. The van der Waals surface area contributed by atoms with Crippen LogP contribution in [0.15, 0.2) is 29.3 Å². The average molecular weight is 369 g/mol. The van der Waals surface area contributed by atoms with Crippen LogP contribution in [0.1, 0.15) is 32.8 Å². The van der Waals surface area contributed by atoms with E-state index in [0.717, 1.165) is 34.0 Å². The number of rotatable bonds is 7. The zero-order valence-corrected chi connectivity index (χ0v) is 17.4. The zero-order valence-electron chi connectivity index (χ0n) is 17.4. The monoisotopic (exact) mass is 368 g/mol. The number of ether oxygens (including phenoxy) is 2. The summed E-state index contributed by atoms with van der Waals surface area (Å²) >= 11 is 0. The minimum absolute atomic E-state index is 0.415. The van der Waals surface area contributed by atoms with Crippen molar-refractivity contribution >= 4 is 12.7 Å². The molecule has 27 heavy (non-hydrogen) atoms. The first-order valence-electron chi connectivity index (χ1n) is 9.33. The standard InChI is InChI=1S/C23H32N2O2/c1-14(2)19(15(3)10-11-24)13-20-16(4)23(25-17(20)5)18-8-9-21(26-6)22(12-18)27-7/h8-9,12-13,15,25H,5,10-11,24H2,1-4,6-7H3/b20-13-. The van der Waals surface area contributed by atoms with Crippen LogP contribution in [0.25, 0.3) is 23.9 Å². The van der Waals surface area contributed by atoms with Gasteiger partial charge in [0.05, 0.1) is 14.2 Å². The number of nitrogens with one attached hydrogen (secondary N) is 1. The van der Waals surface area contributed by atoms with Crippen molar-refractivity contribution in [2.45, 2.75) is 34.1 Å². The second kappa shape index (κ2) is 8.96. The summed E-state index contributed by atoms with van der Waals surface area (Å²) in [5.74, 6) is 1.84. The molecule has 0 aliphatic rings. The summed E-state index contributed by atoms with van der Waals surface area (Å²) in [5, 5.41) is 2.05. The van der Waals surface area contributed by atoms with Crippen molar-refractivity contribution < 1.29 is 9.47 Å². The smallest absolute Gasteiger partial charge is 0.161 e. The molecule has 3 N–H and O–H groups in total. The van der Waals surface area contributed by atoms with Gasteiger partial charge in [0.25, 0.3) is 0 Å². The molecule has 1 atom stereocenters. The van der Waals surface area contributed by atoms with Crippen LogP contribution in [0, 0.1) is 12.8 Å². The van der Waals surface area contributed by atoms with Gasteiger partial charge in [0.1, 0.15) is 0 Å². The number of aromatic amines is 1. The van der Waals surface area contributed by atoms with E-state index in [0.29, 0.717) is 18.2 Å². The van der Waals surface area contributed by atoms with Crippen LogP contribution in [-0.4, -0.2) is 25.7 Å². The Labute approximate surface area is 162 Å². The maximum absolute atomic E-state index is 5.77. The molecule has 1 heterocycles. The van der Waals surface area contributed by atoms with Gasteiger partial charge in [-0.3, -0.25) is 0 Å². The van der Waals surface area contributed by atoms with Crippen LogP contribution in [-0.2, 0) is 0 Å². The average Bonchev–Trinajstić information content (AvgIpc) is 2.92. The van der Waals surface area contributed by atoms with Crippen molar-refractivity contribution in [2.24, 2.45) is 11.7 Å². The third-order valence-corrected chi connectivity index (χ3v) is 5.06. The molecule has 2 rings (SSSR count). The lowest BCUT2D eigenvalue weighted by atomic mass is 9.92. The quantitative estimate of drug-likeness (QED) is 0.786. The van der Waals surface area contributed by atoms with E-state index >= 15 is 0 Å². The van der Waals surface area contributed by atoms with E-state index in [2.05, 4.69) is 45.3 Å². The van der Waals surface area contributed by atoms with Gasteiger partial charge in [0, 0.05) is 21.8 Å². The number of methoxy groups -OCH3 is 2. The first-order valence-corrected chi connectivity index (χ1v) is 9.33. The van der Waals surface area contributed by atoms with Gasteiger partial charge in [-0.15, -0.1) is 0 Å². The number of hydrogen-bond donors (Lipinski definition) is 2. The fourth-order valence-electron chi connectivity index (χ4n) is 3.49. The maximum Gasteiger partial charge on any atom is 0.161 e. The van der Waals surface area contributed by atoms with Gasteiger partial charge in [-0.1, -0.05) is 19.1 Å². The Hall–Kier alpha value is -2.46. The molecule has 0 saturated heterocycles. The van der Waals surface area contributed by atoms with E-state index in [1.54, 1.807) is 14.2 Å². The van der Waals surface area contributed by atoms with E-state index in [9.17, 15) is 0 Å². The fraction of sp³-hybridized carbons (Fsp3) is 0.391. The van der Waals surface area contributed by atoms with Crippen LogP contribution >= 0.6 is 0 Å². The minimum Gasteiger partial charge on any atom is -0.493 e. The largest absolute Gasteiger partial charge is 0.493 e. The summed E-state index contributed by atoms with van der Waals surface area (Å²) in [7, 11) is 3.29. The summed E-state index contributed by atoms with van der Waals surface area (Å²) in [6.07, 6.45) is 3.23. The van der Waals surface area contributed by atoms with Gasteiger partial charge in [0.15, 0.2) is 11.5 Å². The molecule has 1 unspecified atom stereocenters. The molecule has 1 aromatic carbocycles. The SMILES string of the molecule is C=c1[nH]c(-c2ccc(OC)c(OC)c2)c(C)/c1=C/C(=C(C)C)C(C)CCN. The highest BCUT2D eigenvalue weighted by Gasteiger charge is 2.13. The Bertz CT molecular complexity index is 934. The molecule has 4 nitrogen and oxygen atoms in total. The molecular weight excluding hydrogens is 336 g/mol. The van der Waals surface area contributed by atoms with Gasteiger partial charge in [-0.05, 0) is 75.1 Å². The second-order valence-corrected chi connectivity index (χ2v) is 7.17. The molecule has 0 aliphatic carbocycles. The van der Waals surface area contributed by atoms with Crippen LogP contribution in [0.3, 0.4) is 0 Å². The molecule has 1 aromatic heterocycles. The van der Waals surface area contributed by atoms with E-state index in [4.69, 9.17) is 15.2 Å². The molecule has 0 amide bonds. The van der Waals surface area contributed by atoms with E-state index in [1.807, 2.05) is 18.2 Å². The van der Waals surface area contributed by atoms with Crippen molar-refractivity contribution in [3.8, 4) is 22.8 Å². The Morgan fingerprint density at radius 2 is 1.89 bits per heavy atom. The Morgan fingerprint density at radius 3 is 2.44 bits per heavy atom. The Morgan fingerprint density at radius 1 is 1.22 bits per heavy atom. The topological polar surface area (TPSA) is 60.3 Å². The number of hydrogen-bond acceptors (Lipinski definition) is 3. The predicted octanol–water partition coefficient (Wildman–Crippen LogP) is 3.52. The summed E-state index contributed by atoms with van der Waals surface area (Å²) in [6, 6.07) is 5.94. The van der Waals surface area contributed by atoms with Crippen molar-refractivity contribution in [1.29, 1.82) is 0 Å². The molecule has 146 valence electrons. The van der Waals surface area contributed by atoms with E-state index < -0.39 is 0 Å². The highest BCUT2D eigenvalue weighted by atomic mass is 16.5. The maximum atomic E-state index is 5.77. The molecule has 0 saturated carbocycles. The van der Waals surface area contributed by atoms with Gasteiger partial charge in [-0.25, -0.2) is 0 Å². The number of nitrogens with two attached hydrogens (primary N) is 1. The number of benzene rings is 1. The van der Waals surface area contributed by atoms with Crippen LogP contribution in [0.4, 0.5) is 0 Å². The number of aromatic nitrogens is 1. The molecule has 0 spiro atoms. The third kappa shape index (κ3) is 4.45. The highest BCUT2D eigenvalue weighted by molar-refractivity contribution is 5.69. The van der Waals surface area contributed by atoms with Crippen LogP contribution in [0.5, 0.6) is 11.5 Å². The molecule has 0 aliphatic heterocycles. The second-order valence-electron chi connectivity index (χ2n) is 7.17. The molecule has 0 bridgehead atoms. The summed E-state index contributed by atoms with van der Waals surface area (Å²) in [4.78, 5) is 3.45. The van der Waals surface area contributed by atoms with Crippen molar-refractivity contribution in [3.05, 3.63) is 45.5 Å². The molecule has 2 aromatic rings. The van der Waals surface area contributed by atoms with Crippen molar-refractivity contribution in [3.63, 3.8) is 0 Å². The van der Waals surface area contributed by atoms with Gasteiger partial charge < -0.3 is 20.2 Å². The molecule has 4 heteroatoms. The highest BCUT2D eigenvalue weighted by Crippen LogP contribution is 2.32. The Balaban J connectivity index is 2.60. The number of H-pyrrole nitrogens is 1. The van der Waals surface area contributed by atoms with E-state index in [1.165, 1.54) is 16.7 Å². The normalized spacial score (nSPS) is 12.8. The molecule has 0 fully saturated rings. The lowest BCUT2D eigenvalue weighted by molar-refractivity contribution is 0.355. The molecule has 0 radical (unpaired) electrons. The van der Waals surface area contributed by atoms with Crippen molar-refractivity contribution in [1.82, 2.24) is 4.98 Å². The fourth-order valence-corrected chi connectivity index (χ4v) is 3.49. The summed E-state index contributed by atoms with van der Waals surface area (Å²) in [5.41, 5.74) is 11.7. The minimum atomic E-state index is 0.415. The first-order chi connectivity index (χ1) is 12.8. The lowest BCUT2D eigenvalue weighted by Crippen LogP contribution is -2.23. The zero-order chi connectivity index (χ0) is 20.1. The summed E-state index contributed by atoms with van der Waals surface area (Å²) < 4.78 is 10.8. The predicted molar refractivity (Wildman–Crippen MR) is 115 cm³/mol. The molecular formula is C23H32N2O2. The summed E-state index contributed by atoms with van der Waals surface area (Å²) in [6.45, 7) is 13.6. The van der Waals surface area contributed by atoms with Crippen LogP contribution < -0.4 is 25.8 Å². The van der Waals surface area contributed by atoms with Crippen molar-refractivity contribution in [2.75, 3.05) is 20.8 Å². The lowest BCUT2D eigenvalue weighted by Gasteiger charge is -2.14. The number of allylic oxidation sites excluding steroid dienone is 2.